The molecule has 3 atom stereocenters. The van der Waals surface area contributed by atoms with Crippen LogP contribution < -0.4 is 14.1 Å². The first kappa shape index (κ1) is 72.9. The van der Waals surface area contributed by atoms with Crippen molar-refractivity contribution in [3.63, 3.8) is 0 Å². The summed E-state index contributed by atoms with van der Waals surface area (Å²) in [6.07, 6.45) is 3.93. The standard InChI is InChI=1S/C22H14F4N6O2.C21H12F4N2O2.C14H9F4NO2.C7H5BNO2.CH4.FH.H2/c23-15-3-7-18(19(24)9-15)21(33,12-32-13-29-30-31-32)22(25,26)20-8-6-17(11-28-20)34-16-4-1-14(10-27)2-5-16;22-14-3-7-17(18(23)9-14)20(12-28-20)21(24,25)19-8-6-16(11-27-19)29-15-4-1-13(10-26)2-5-15;15-8-1-3-10(11(16)5-8)13(7-21-13)14(17,18)12-4-2-9(20)6-19-12;9-5-6-1-3-7(4-2-6)11-8-10;;;/h1-9,11,13,33H,12H2;1-9,11H,12H2;1-6,20H,7H2;1-4,10H;1H4;2*1H/i;;;;;;1+1. The molecule has 2 aliphatic rings. The van der Waals surface area contributed by atoms with Gasteiger partial charge in [-0.1, -0.05) is 7.43 Å². The van der Waals surface area contributed by atoms with Gasteiger partial charge in [-0.25, -0.2) is 31.0 Å². The Hall–Kier alpha value is -11.5. The van der Waals surface area contributed by atoms with Gasteiger partial charge in [0.25, 0.3) is 0 Å². The molecule has 4 aromatic heterocycles. The molecule has 3 N–H and O–H groups in total. The largest absolute Gasteiger partial charge is 0.569 e. The van der Waals surface area contributed by atoms with Gasteiger partial charge in [0.1, 0.15) is 92.8 Å². The SMILES string of the molecule is C.F.N#Cc1ccc(O[B]O)cc1.N#Cc1ccc(Oc2ccc(C(F)(F)C(O)(Cn3cnnn3)c3ccc(F)cc3F)nc2)cc1.N#Cc1ccc(Oc2ccc(C(F)(F)C3(c4ccc(F)cc4F)CO3)nc2)cc1.Oc1ccc(C(F)(F)C2(c3ccc(F)cc3F)CO2)nc1.[2HH]. The summed E-state index contributed by atoms with van der Waals surface area (Å²) in [4.78, 5) is 10.9. The van der Waals surface area contributed by atoms with Gasteiger partial charge in [-0.15, -0.1) is 5.10 Å². The fourth-order valence-electron chi connectivity index (χ4n) is 9.04. The molecule has 18 nitrogen and oxygen atoms in total. The molecule has 12 rings (SSSR count). The van der Waals surface area contributed by atoms with E-state index in [1.54, 1.807) is 48.5 Å². The maximum Gasteiger partial charge on any atom is 0.569 e. The van der Waals surface area contributed by atoms with Crippen LogP contribution in [0.1, 0.15) is 59.3 Å². The van der Waals surface area contributed by atoms with Gasteiger partial charge in [-0.2, -0.15) is 42.1 Å². The van der Waals surface area contributed by atoms with Crippen LogP contribution in [0, 0.1) is 68.9 Å². The third-order valence-electron chi connectivity index (χ3n) is 14.1. The van der Waals surface area contributed by atoms with Crippen LogP contribution in [0.3, 0.4) is 0 Å². The van der Waals surface area contributed by atoms with Gasteiger partial charge in [-0.05, 0) is 156 Å². The summed E-state index contributed by atoms with van der Waals surface area (Å²) in [5.74, 6) is -16.5. The first-order valence-electron chi connectivity index (χ1n) is 27.1. The fraction of sp³-hybridized carbons (Fsp3) is 0.154. The molecule has 499 valence electrons. The minimum atomic E-state index is -4.18. The van der Waals surface area contributed by atoms with E-state index < -0.39 is 123 Å². The lowest BCUT2D eigenvalue weighted by atomic mass is 9.84. The molecule has 2 aliphatic heterocycles. The summed E-state index contributed by atoms with van der Waals surface area (Å²) in [5, 5.41) is 64.6. The van der Waals surface area contributed by atoms with Crippen LogP contribution in [0.5, 0.6) is 34.5 Å². The number of pyridine rings is 3. The topological polar surface area (TPSA) is 267 Å². The Kier molecular flexibility index (Phi) is 22.8. The second-order valence-electron chi connectivity index (χ2n) is 20.2. The Labute approximate surface area is 543 Å². The van der Waals surface area contributed by atoms with E-state index in [1.807, 2.05) is 18.2 Å². The monoisotopic (exact) mass is 1350 g/mol. The zero-order chi connectivity index (χ0) is 68.3. The average Bonchev–Trinajstić information content (AvgIpc) is 1.37. The van der Waals surface area contributed by atoms with E-state index >= 15 is 17.6 Å². The number of ether oxygens (including phenoxy) is 4. The highest BCUT2D eigenvalue weighted by Crippen LogP contribution is 2.58. The third-order valence-corrected chi connectivity index (χ3v) is 14.1. The number of tetrazole rings is 1. The van der Waals surface area contributed by atoms with Crippen molar-refractivity contribution in [2.75, 3.05) is 13.2 Å². The van der Waals surface area contributed by atoms with E-state index in [1.165, 1.54) is 36.4 Å². The van der Waals surface area contributed by atoms with Crippen LogP contribution >= 0.6 is 0 Å². The van der Waals surface area contributed by atoms with E-state index in [4.69, 9.17) is 44.9 Å². The highest BCUT2D eigenvalue weighted by Gasteiger charge is 2.69. The van der Waals surface area contributed by atoms with Crippen molar-refractivity contribution < 1.29 is 97.7 Å². The molecule has 0 spiro atoms. The number of benzene rings is 6. The Balaban J connectivity index is 0.000000216. The van der Waals surface area contributed by atoms with Crippen LogP contribution in [-0.4, -0.2) is 71.3 Å². The highest BCUT2D eigenvalue weighted by molar-refractivity contribution is 6.17. The number of aromatic nitrogens is 7. The molecule has 6 heterocycles. The Morgan fingerprint density at radius 3 is 1.28 bits per heavy atom. The van der Waals surface area contributed by atoms with Crippen molar-refractivity contribution in [1.29, 1.82) is 15.8 Å². The number of halogens is 13. The van der Waals surface area contributed by atoms with Crippen molar-refractivity contribution >= 4 is 7.69 Å². The summed E-state index contributed by atoms with van der Waals surface area (Å²) < 4.78 is 199. The molecule has 0 amide bonds. The molecule has 2 fully saturated rings. The maximum absolute atomic E-state index is 15.7. The van der Waals surface area contributed by atoms with Gasteiger partial charge in [0.15, 0.2) is 16.8 Å². The van der Waals surface area contributed by atoms with E-state index in [2.05, 4.69) is 35.1 Å². The number of aliphatic hydroxyl groups is 1. The fourth-order valence-corrected chi connectivity index (χ4v) is 9.04. The van der Waals surface area contributed by atoms with Crippen molar-refractivity contribution in [2.45, 2.75) is 48.5 Å². The van der Waals surface area contributed by atoms with Gasteiger partial charge in [-0.3, -0.25) is 19.7 Å². The summed E-state index contributed by atoms with van der Waals surface area (Å²) >= 11 is 0. The predicted molar refractivity (Wildman–Crippen MR) is 316 cm³/mol. The number of epoxide rings is 2. The average molecular weight is 1350 g/mol. The second-order valence-corrected chi connectivity index (χ2v) is 20.2. The van der Waals surface area contributed by atoms with E-state index in [0.717, 1.165) is 90.3 Å². The van der Waals surface area contributed by atoms with Gasteiger partial charge in [0, 0.05) is 36.3 Å². The molecule has 0 aliphatic carbocycles. The zero-order valence-electron chi connectivity index (χ0n) is 48.4. The zero-order valence-corrected chi connectivity index (χ0v) is 48.4. The minimum Gasteiger partial charge on any atom is -0.537 e. The summed E-state index contributed by atoms with van der Waals surface area (Å²) in [6, 6.07) is 37.7. The molecule has 10 aromatic rings. The molecule has 0 saturated carbocycles. The molecule has 0 bridgehead atoms. The first-order chi connectivity index (χ1) is 45.3. The lowest BCUT2D eigenvalue weighted by Gasteiger charge is -2.35. The second kappa shape index (κ2) is 30.3. The number of nitriles is 3. The lowest BCUT2D eigenvalue weighted by Crippen LogP contribution is -2.48. The first-order valence-corrected chi connectivity index (χ1v) is 27.1. The van der Waals surface area contributed by atoms with Crippen LogP contribution in [0.2, 0.25) is 0 Å². The predicted octanol–water partition coefficient (Wildman–Crippen LogP) is 13.3. The molecule has 6 aromatic carbocycles. The van der Waals surface area contributed by atoms with Gasteiger partial charge >= 0.3 is 25.5 Å². The minimum absolute atomic E-state index is 0. The summed E-state index contributed by atoms with van der Waals surface area (Å²) in [7, 11) is 0.599. The van der Waals surface area contributed by atoms with E-state index in [0.29, 0.717) is 59.8 Å². The van der Waals surface area contributed by atoms with Crippen molar-refractivity contribution in [3.05, 3.63) is 274 Å². The van der Waals surface area contributed by atoms with Crippen LogP contribution in [0.15, 0.2) is 189 Å². The van der Waals surface area contributed by atoms with Crippen molar-refractivity contribution in [3.8, 4) is 52.7 Å². The van der Waals surface area contributed by atoms with Crippen LogP contribution in [0.25, 0.3) is 0 Å². The molecule has 1 radical (unpaired) electrons. The Morgan fingerprint density at radius 2 is 0.928 bits per heavy atom. The molecular formula is C65H47BF13N10O8. The lowest BCUT2D eigenvalue weighted by molar-refractivity contribution is -0.207. The van der Waals surface area contributed by atoms with Crippen molar-refractivity contribution in [2.24, 2.45) is 0 Å². The van der Waals surface area contributed by atoms with Crippen LogP contribution in [0.4, 0.5) is 57.4 Å². The Morgan fingerprint density at radius 1 is 0.536 bits per heavy atom. The molecule has 2 saturated heterocycles. The molecule has 97 heavy (non-hydrogen) atoms. The van der Waals surface area contributed by atoms with Gasteiger partial charge < -0.3 is 38.8 Å². The molecular weight excluding hydrogens is 1310 g/mol. The van der Waals surface area contributed by atoms with Gasteiger partial charge in [0.05, 0.1) is 73.2 Å². The van der Waals surface area contributed by atoms with E-state index in [-0.39, 0.29) is 30.8 Å². The maximum atomic E-state index is 15.7. The number of hydrogen-bond acceptors (Lipinski definition) is 17. The molecule has 32 heteroatoms. The number of rotatable bonds is 17. The quantitative estimate of drug-likeness (QED) is 0.0434. The summed E-state index contributed by atoms with van der Waals surface area (Å²) in [6.45, 7) is -1.79. The smallest absolute Gasteiger partial charge is 0.537 e. The normalized spacial score (nSPS) is 15.6. The molecule has 3 unspecified atom stereocenters. The number of hydrogen-bond donors (Lipinski definition) is 3. The van der Waals surface area contributed by atoms with Gasteiger partial charge in [0.2, 0.25) is 0 Å². The number of nitrogens with zero attached hydrogens (tertiary/aromatic N) is 10. The third kappa shape index (κ3) is 16.0. The van der Waals surface area contributed by atoms with Crippen molar-refractivity contribution in [1.82, 2.24) is 35.2 Å². The van der Waals surface area contributed by atoms with E-state index in [9.17, 15) is 40.2 Å². The number of alkyl halides is 6. The summed E-state index contributed by atoms with van der Waals surface area (Å²) in [5.41, 5.74) is -10.2. The number of aromatic hydroxyl groups is 1. The van der Waals surface area contributed by atoms with Crippen LogP contribution in [-0.2, 0) is 50.6 Å². The highest BCUT2D eigenvalue weighted by atomic mass is 19.3. The Bertz CT molecular complexity index is 4450.